The number of aliphatic imine (C=N–C) groups is 1. The summed E-state index contributed by atoms with van der Waals surface area (Å²) < 4.78 is 18.9. The van der Waals surface area contributed by atoms with Crippen LogP contribution in [0.1, 0.15) is 30.0 Å². The molecule has 1 unspecified atom stereocenters. The molecule has 2 N–H and O–H groups in total. The van der Waals surface area contributed by atoms with Crippen LogP contribution < -0.4 is 10.1 Å². The molecule has 6 heteroatoms. The van der Waals surface area contributed by atoms with Crippen LogP contribution in [0, 0.1) is 5.82 Å². The standard InChI is InChI=1S/C22H28FN3O2/c1-4-24-21(26(2)14-16-9-10-20(28-3)19(23)13-16)25-15-22(27)12-11-17-7-5-6-8-18(17)22/h5-10,13,27H,4,11-12,14-15H2,1-3H3,(H,24,25). The van der Waals surface area contributed by atoms with Crippen LogP contribution in [0.5, 0.6) is 5.75 Å². The Morgan fingerprint density at radius 1 is 1.32 bits per heavy atom. The third-order valence-electron chi connectivity index (χ3n) is 5.15. The lowest BCUT2D eigenvalue weighted by molar-refractivity contribution is 0.0483. The Balaban J connectivity index is 1.74. The molecule has 1 atom stereocenters. The number of aryl methyl sites for hydroxylation is 1. The molecule has 28 heavy (non-hydrogen) atoms. The van der Waals surface area contributed by atoms with Crippen molar-refractivity contribution >= 4 is 5.96 Å². The summed E-state index contributed by atoms with van der Waals surface area (Å²) in [7, 11) is 3.35. The van der Waals surface area contributed by atoms with Gasteiger partial charge in [-0.25, -0.2) is 9.38 Å². The summed E-state index contributed by atoms with van der Waals surface area (Å²) in [6, 6.07) is 12.9. The van der Waals surface area contributed by atoms with E-state index in [1.165, 1.54) is 18.7 Å². The first-order valence-corrected chi connectivity index (χ1v) is 9.59. The van der Waals surface area contributed by atoms with Gasteiger partial charge in [-0.05, 0) is 48.6 Å². The number of nitrogens with one attached hydrogen (secondary N) is 1. The lowest BCUT2D eigenvalue weighted by atomic mass is 9.96. The lowest BCUT2D eigenvalue weighted by Crippen LogP contribution is -2.40. The van der Waals surface area contributed by atoms with Crippen molar-refractivity contribution in [1.29, 1.82) is 0 Å². The molecule has 0 aromatic heterocycles. The second-order valence-corrected chi connectivity index (χ2v) is 7.18. The van der Waals surface area contributed by atoms with E-state index in [0.29, 0.717) is 25.5 Å². The molecule has 5 nitrogen and oxygen atoms in total. The number of ether oxygens (including phenoxy) is 1. The van der Waals surface area contributed by atoms with Crippen LogP contribution in [0.15, 0.2) is 47.5 Å². The second kappa shape index (κ2) is 8.61. The van der Waals surface area contributed by atoms with Gasteiger partial charge in [0.1, 0.15) is 5.60 Å². The number of fused-ring (bicyclic) bond motifs is 1. The fourth-order valence-corrected chi connectivity index (χ4v) is 3.66. The maximum atomic E-state index is 14.0. The highest BCUT2D eigenvalue weighted by Crippen LogP contribution is 2.36. The fraction of sp³-hybridized carbons (Fsp3) is 0.409. The minimum absolute atomic E-state index is 0.231. The van der Waals surface area contributed by atoms with Gasteiger partial charge in [-0.3, -0.25) is 0 Å². The summed E-state index contributed by atoms with van der Waals surface area (Å²) in [6.45, 7) is 3.47. The number of hydrogen-bond acceptors (Lipinski definition) is 3. The molecule has 0 amide bonds. The number of aliphatic hydroxyl groups is 1. The molecule has 2 aromatic carbocycles. The van der Waals surface area contributed by atoms with Crippen LogP contribution in [0.25, 0.3) is 0 Å². The normalized spacial score (nSPS) is 18.7. The zero-order valence-corrected chi connectivity index (χ0v) is 16.7. The summed E-state index contributed by atoms with van der Waals surface area (Å²) >= 11 is 0. The molecule has 0 fully saturated rings. The summed E-state index contributed by atoms with van der Waals surface area (Å²) in [5.74, 6) is 0.526. The van der Waals surface area contributed by atoms with E-state index in [1.54, 1.807) is 6.07 Å². The van der Waals surface area contributed by atoms with Crippen LogP contribution in [-0.4, -0.2) is 43.2 Å². The first kappa shape index (κ1) is 20.1. The number of guanidine groups is 1. The minimum Gasteiger partial charge on any atom is -0.494 e. The zero-order chi connectivity index (χ0) is 20.1. The van der Waals surface area contributed by atoms with E-state index >= 15 is 0 Å². The molecule has 0 saturated heterocycles. The van der Waals surface area contributed by atoms with Gasteiger partial charge in [-0.15, -0.1) is 0 Å². The maximum Gasteiger partial charge on any atom is 0.194 e. The molecule has 0 radical (unpaired) electrons. The number of halogens is 1. The first-order valence-electron chi connectivity index (χ1n) is 9.59. The average Bonchev–Trinajstić information content (AvgIpc) is 3.03. The quantitative estimate of drug-likeness (QED) is 0.593. The van der Waals surface area contributed by atoms with E-state index in [-0.39, 0.29) is 18.1 Å². The summed E-state index contributed by atoms with van der Waals surface area (Å²) in [5.41, 5.74) is 2.03. The number of methoxy groups -OCH3 is 1. The minimum atomic E-state index is -0.940. The predicted molar refractivity (Wildman–Crippen MR) is 109 cm³/mol. The Hall–Kier alpha value is -2.60. The number of rotatable bonds is 6. The van der Waals surface area contributed by atoms with E-state index < -0.39 is 5.60 Å². The molecule has 1 aliphatic rings. The van der Waals surface area contributed by atoms with E-state index in [2.05, 4.69) is 16.4 Å². The third-order valence-corrected chi connectivity index (χ3v) is 5.15. The second-order valence-electron chi connectivity index (χ2n) is 7.18. The van der Waals surface area contributed by atoms with Crippen molar-refractivity contribution in [2.24, 2.45) is 4.99 Å². The molecule has 150 valence electrons. The fourth-order valence-electron chi connectivity index (χ4n) is 3.66. The zero-order valence-electron chi connectivity index (χ0n) is 16.7. The van der Waals surface area contributed by atoms with Gasteiger partial charge in [0, 0.05) is 20.1 Å². The molecule has 0 heterocycles. The molecule has 0 saturated carbocycles. The van der Waals surface area contributed by atoms with E-state index in [0.717, 1.165) is 17.5 Å². The molecule has 0 spiro atoms. The summed E-state index contributed by atoms with van der Waals surface area (Å²) in [4.78, 5) is 6.61. The SMILES string of the molecule is CCNC(=NCC1(O)CCc2ccccc21)N(C)Cc1ccc(OC)c(F)c1. The van der Waals surface area contributed by atoms with Gasteiger partial charge >= 0.3 is 0 Å². The van der Waals surface area contributed by atoms with Crippen molar-refractivity contribution < 1.29 is 14.2 Å². The van der Waals surface area contributed by atoms with Crippen LogP contribution in [0.2, 0.25) is 0 Å². The van der Waals surface area contributed by atoms with E-state index in [4.69, 9.17) is 4.74 Å². The Morgan fingerprint density at radius 2 is 2.11 bits per heavy atom. The molecular formula is C22H28FN3O2. The monoisotopic (exact) mass is 385 g/mol. The molecule has 0 aliphatic heterocycles. The van der Waals surface area contributed by atoms with Gasteiger partial charge in [-0.2, -0.15) is 0 Å². The van der Waals surface area contributed by atoms with Gasteiger partial charge in [0.25, 0.3) is 0 Å². The van der Waals surface area contributed by atoms with Crippen LogP contribution in [0.3, 0.4) is 0 Å². The van der Waals surface area contributed by atoms with Gasteiger partial charge in [-0.1, -0.05) is 30.3 Å². The number of benzene rings is 2. The van der Waals surface area contributed by atoms with E-state index in [1.807, 2.05) is 43.1 Å². The number of nitrogens with zero attached hydrogens (tertiary/aromatic N) is 2. The van der Waals surface area contributed by atoms with Crippen molar-refractivity contribution in [3.63, 3.8) is 0 Å². The van der Waals surface area contributed by atoms with Crippen molar-refractivity contribution in [3.05, 3.63) is 65.0 Å². The molecular weight excluding hydrogens is 357 g/mol. The Kier molecular flexibility index (Phi) is 6.19. The third kappa shape index (κ3) is 4.28. The van der Waals surface area contributed by atoms with Crippen molar-refractivity contribution in [2.45, 2.75) is 31.9 Å². The highest BCUT2D eigenvalue weighted by Gasteiger charge is 2.36. The lowest BCUT2D eigenvalue weighted by Gasteiger charge is -2.26. The van der Waals surface area contributed by atoms with Crippen LogP contribution in [-0.2, 0) is 18.6 Å². The largest absolute Gasteiger partial charge is 0.494 e. The van der Waals surface area contributed by atoms with E-state index in [9.17, 15) is 9.50 Å². The average molecular weight is 385 g/mol. The highest BCUT2D eigenvalue weighted by molar-refractivity contribution is 5.79. The van der Waals surface area contributed by atoms with Crippen molar-refractivity contribution in [1.82, 2.24) is 10.2 Å². The maximum absolute atomic E-state index is 14.0. The van der Waals surface area contributed by atoms with Gasteiger partial charge < -0.3 is 20.1 Å². The Bertz CT molecular complexity index is 855. The first-order chi connectivity index (χ1) is 13.5. The summed E-state index contributed by atoms with van der Waals surface area (Å²) in [5, 5.41) is 14.4. The van der Waals surface area contributed by atoms with Crippen LogP contribution >= 0.6 is 0 Å². The van der Waals surface area contributed by atoms with Crippen molar-refractivity contribution in [2.75, 3.05) is 27.2 Å². The smallest absolute Gasteiger partial charge is 0.194 e. The Labute approximate surface area is 165 Å². The Morgan fingerprint density at radius 3 is 2.82 bits per heavy atom. The molecule has 0 bridgehead atoms. The molecule has 1 aliphatic carbocycles. The molecule has 2 aromatic rings. The predicted octanol–water partition coefficient (Wildman–Crippen LogP) is 3.07. The summed E-state index contributed by atoms with van der Waals surface area (Å²) in [6.07, 6.45) is 1.53. The van der Waals surface area contributed by atoms with Gasteiger partial charge in [0.05, 0.1) is 13.7 Å². The topological polar surface area (TPSA) is 57.1 Å². The molecule has 3 rings (SSSR count). The van der Waals surface area contributed by atoms with Crippen LogP contribution in [0.4, 0.5) is 4.39 Å². The number of hydrogen-bond donors (Lipinski definition) is 2. The van der Waals surface area contributed by atoms with Gasteiger partial charge in [0.2, 0.25) is 0 Å². The van der Waals surface area contributed by atoms with Crippen molar-refractivity contribution in [3.8, 4) is 5.75 Å². The van der Waals surface area contributed by atoms with Gasteiger partial charge in [0.15, 0.2) is 17.5 Å². The highest BCUT2D eigenvalue weighted by atomic mass is 19.1.